The number of pyridine rings is 1. The lowest BCUT2D eigenvalue weighted by atomic mass is 9.97. The Bertz CT molecular complexity index is 1390. The van der Waals surface area contributed by atoms with Gasteiger partial charge in [0.2, 0.25) is 0 Å². The van der Waals surface area contributed by atoms with Gasteiger partial charge >= 0.3 is 6.03 Å². The van der Waals surface area contributed by atoms with E-state index in [-0.39, 0.29) is 24.7 Å². The van der Waals surface area contributed by atoms with E-state index in [1.807, 2.05) is 23.2 Å². The molecule has 3 aromatic rings. The molecule has 2 aliphatic rings. The van der Waals surface area contributed by atoms with Crippen molar-refractivity contribution < 1.29 is 23.5 Å². The number of carbonyl (C=O) groups excluding carboxylic acids is 2. The fourth-order valence-electron chi connectivity index (χ4n) is 5.27. The minimum absolute atomic E-state index is 0.0718. The quantitative estimate of drug-likeness (QED) is 0.440. The maximum atomic E-state index is 14.5. The van der Waals surface area contributed by atoms with Crippen LogP contribution in [0.3, 0.4) is 0 Å². The van der Waals surface area contributed by atoms with Crippen LogP contribution in [0.15, 0.2) is 48.4 Å². The molecule has 2 amide bonds. The Kier molecular flexibility index (Phi) is 6.57. The van der Waals surface area contributed by atoms with Crippen LogP contribution in [0, 0.1) is 11.6 Å². The number of aliphatic hydroxyl groups is 1. The van der Waals surface area contributed by atoms with Gasteiger partial charge in [0.25, 0.3) is 0 Å². The molecule has 2 atom stereocenters. The summed E-state index contributed by atoms with van der Waals surface area (Å²) in [6.45, 7) is 1.08. The molecular formula is C26H28F2N6O3. The molecule has 1 aromatic carbocycles. The summed E-state index contributed by atoms with van der Waals surface area (Å²) in [6, 6.07) is 6.50. The summed E-state index contributed by atoms with van der Waals surface area (Å²) in [4.78, 5) is 31.9. The summed E-state index contributed by atoms with van der Waals surface area (Å²) < 4.78 is 30.1. The number of β-amino-alcohol motifs (C(OH)–C–C–N with tert-alkyl or cyclic N) is 1. The highest BCUT2D eigenvalue weighted by molar-refractivity contribution is 5.89. The summed E-state index contributed by atoms with van der Waals surface area (Å²) in [7, 11) is 1.58. The van der Waals surface area contributed by atoms with E-state index in [2.05, 4.69) is 15.6 Å². The van der Waals surface area contributed by atoms with Gasteiger partial charge in [0.15, 0.2) is 0 Å². The highest BCUT2D eigenvalue weighted by Gasteiger charge is 2.39. The molecule has 0 saturated carbocycles. The highest BCUT2D eigenvalue weighted by atomic mass is 19.1. The molecule has 2 aromatic heterocycles. The first-order valence-corrected chi connectivity index (χ1v) is 12.2. The van der Waals surface area contributed by atoms with Crippen LogP contribution in [0.1, 0.15) is 37.3 Å². The predicted molar refractivity (Wildman–Crippen MR) is 134 cm³/mol. The molecule has 0 bridgehead atoms. The highest BCUT2D eigenvalue weighted by Crippen LogP contribution is 2.38. The average molecular weight is 511 g/mol. The van der Waals surface area contributed by atoms with Gasteiger partial charge in [0.1, 0.15) is 29.0 Å². The summed E-state index contributed by atoms with van der Waals surface area (Å²) in [6.07, 6.45) is 5.30. The Balaban J connectivity index is 1.34. The van der Waals surface area contributed by atoms with Gasteiger partial charge in [-0.15, -0.1) is 0 Å². The Hall–Kier alpha value is -3.95. The number of fused-ring (bicyclic) bond motifs is 1. The van der Waals surface area contributed by atoms with Gasteiger partial charge in [-0.25, -0.2) is 23.4 Å². The number of nitrogens with zero attached hydrogens (tertiary/aromatic N) is 4. The number of anilines is 2. The fourth-order valence-corrected chi connectivity index (χ4v) is 5.27. The van der Waals surface area contributed by atoms with Gasteiger partial charge in [-0.1, -0.05) is 0 Å². The molecule has 2 saturated heterocycles. The third kappa shape index (κ3) is 4.87. The zero-order valence-corrected chi connectivity index (χ0v) is 20.4. The van der Waals surface area contributed by atoms with E-state index in [0.29, 0.717) is 43.0 Å². The number of carbonyl (C=O) groups is 1. The Morgan fingerprint density at radius 2 is 2.11 bits per heavy atom. The molecule has 4 heterocycles. The fraction of sp³-hybridized carbons (Fsp3) is 0.385. The predicted octanol–water partition coefficient (Wildman–Crippen LogP) is 3.25. The molecule has 0 radical (unpaired) electrons. The maximum Gasteiger partial charge on any atom is 0.323 e. The summed E-state index contributed by atoms with van der Waals surface area (Å²) in [5, 5.41) is 16.4. The van der Waals surface area contributed by atoms with Gasteiger partial charge in [-0.3, -0.25) is 9.72 Å². The van der Waals surface area contributed by atoms with Crippen molar-refractivity contribution in [1.82, 2.24) is 19.6 Å². The number of imidazole rings is 1. The second-order valence-electron chi connectivity index (χ2n) is 9.61. The zero-order chi connectivity index (χ0) is 26.2. The van der Waals surface area contributed by atoms with Gasteiger partial charge in [-0.2, -0.15) is 0 Å². The molecule has 9 nitrogen and oxygen atoms in total. The lowest BCUT2D eigenvalue weighted by Gasteiger charge is -2.27. The number of hydrogen-bond donors (Lipinski definition) is 3. The lowest BCUT2D eigenvalue weighted by Crippen LogP contribution is -2.39. The largest absolute Gasteiger partial charge is 0.388 e. The molecule has 1 unspecified atom stereocenters. The molecule has 0 aliphatic carbocycles. The number of urea groups is 1. The molecule has 0 spiro atoms. The van der Waals surface area contributed by atoms with Crippen LogP contribution in [0.2, 0.25) is 0 Å². The standard InChI is InChI=1S/C26H28F2N6O3/c1-29-18(15-35)12-26(37)8-10-32(16-26)25(36)31-24-13-30-23-7-5-19(14-34(23)24)33-9-2-3-22(33)20-11-17(27)4-6-21(20)28/h4-7,11,13-14,22,29,37H,2-3,8-10,12,16H2,1H3,(H,31,36)/t22-,26?/m1/s1. The van der Waals surface area contributed by atoms with Crippen molar-refractivity contribution in [2.75, 3.05) is 36.9 Å². The van der Waals surface area contributed by atoms with E-state index >= 15 is 0 Å². The number of benzene rings is 1. The van der Waals surface area contributed by atoms with Crippen molar-refractivity contribution in [1.29, 1.82) is 0 Å². The number of amides is 2. The van der Waals surface area contributed by atoms with Gasteiger partial charge < -0.3 is 20.2 Å². The summed E-state index contributed by atoms with van der Waals surface area (Å²) in [5.74, 6) is 1.30. The number of aromatic nitrogens is 2. The first-order valence-electron chi connectivity index (χ1n) is 12.2. The topological polar surface area (TPSA) is 102 Å². The number of hydrogen-bond acceptors (Lipinski definition) is 6. The Morgan fingerprint density at radius 1 is 1.27 bits per heavy atom. The zero-order valence-electron chi connectivity index (χ0n) is 20.4. The van der Waals surface area contributed by atoms with E-state index in [0.717, 1.165) is 24.2 Å². The van der Waals surface area contributed by atoms with Crippen molar-refractivity contribution in [3.05, 3.63) is 65.6 Å². The Labute approximate surface area is 212 Å². The average Bonchev–Trinajstić information content (AvgIpc) is 3.63. The minimum atomic E-state index is -1.21. The summed E-state index contributed by atoms with van der Waals surface area (Å²) >= 11 is 0. The molecule has 2 aliphatic heterocycles. The third-order valence-corrected chi connectivity index (χ3v) is 7.18. The van der Waals surface area contributed by atoms with Crippen molar-refractivity contribution in [3.8, 4) is 0 Å². The first kappa shape index (κ1) is 24.7. The number of nitrogens with one attached hydrogen (secondary N) is 2. The molecule has 194 valence electrons. The van der Waals surface area contributed by atoms with Gasteiger partial charge in [0, 0.05) is 38.3 Å². The number of likely N-dealkylation sites (tertiary alicyclic amines) is 1. The van der Waals surface area contributed by atoms with Gasteiger partial charge in [-0.05, 0) is 49.6 Å². The third-order valence-electron chi connectivity index (χ3n) is 7.18. The molecular weight excluding hydrogens is 482 g/mol. The van der Waals surface area contributed by atoms with Gasteiger partial charge in [0.05, 0.1) is 35.8 Å². The lowest BCUT2D eigenvalue weighted by molar-refractivity contribution is 0.0524. The normalized spacial score (nSPS) is 21.4. The van der Waals surface area contributed by atoms with E-state index < -0.39 is 23.3 Å². The number of halogens is 2. The SMILES string of the molecule is CNC(=C=O)CC1(O)CCN(C(=O)Nc2cnc3ccc(N4CCC[C@@H]4c4cc(F)ccc4F)cn23)C1. The molecule has 3 N–H and O–H groups in total. The van der Waals surface area contributed by atoms with E-state index in [1.54, 1.807) is 23.6 Å². The van der Waals surface area contributed by atoms with Crippen LogP contribution in [0.4, 0.5) is 25.1 Å². The second-order valence-corrected chi connectivity index (χ2v) is 9.61. The smallest absolute Gasteiger partial charge is 0.323 e. The molecule has 5 rings (SSSR count). The monoisotopic (exact) mass is 510 g/mol. The van der Waals surface area contributed by atoms with E-state index in [4.69, 9.17) is 0 Å². The molecule has 11 heteroatoms. The van der Waals surface area contributed by atoms with Crippen LogP contribution in [0.25, 0.3) is 5.65 Å². The van der Waals surface area contributed by atoms with Crippen molar-refractivity contribution in [2.45, 2.75) is 37.3 Å². The van der Waals surface area contributed by atoms with Crippen molar-refractivity contribution >= 4 is 29.1 Å². The van der Waals surface area contributed by atoms with E-state index in [1.165, 1.54) is 11.0 Å². The Morgan fingerprint density at radius 3 is 2.89 bits per heavy atom. The van der Waals surface area contributed by atoms with Crippen molar-refractivity contribution in [3.63, 3.8) is 0 Å². The van der Waals surface area contributed by atoms with Crippen molar-refractivity contribution in [2.24, 2.45) is 0 Å². The van der Waals surface area contributed by atoms with Crippen LogP contribution in [-0.4, -0.2) is 63.6 Å². The van der Waals surface area contributed by atoms with E-state index in [9.17, 15) is 23.5 Å². The second kappa shape index (κ2) is 9.84. The molecule has 2 fully saturated rings. The van der Waals surface area contributed by atoms with Crippen LogP contribution >= 0.6 is 0 Å². The molecule has 37 heavy (non-hydrogen) atoms. The minimum Gasteiger partial charge on any atom is -0.388 e. The maximum absolute atomic E-state index is 14.5. The summed E-state index contributed by atoms with van der Waals surface area (Å²) in [5.41, 5.74) is 0.764. The van der Waals surface area contributed by atoms with Crippen LogP contribution in [-0.2, 0) is 4.79 Å². The number of rotatable bonds is 6. The first-order chi connectivity index (χ1) is 17.8. The van der Waals surface area contributed by atoms with Crippen LogP contribution < -0.4 is 15.5 Å². The van der Waals surface area contributed by atoms with Crippen LogP contribution in [0.5, 0.6) is 0 Å².